The monoisotopic (exact) mass is 417 g/mol. The maximum Gasteiger partial charge on any atom is 0.234 e. The van der Waals surface area contributed by atoms with Gasteiger partial charge in [0.2, 0.25) is 5.91 Å². The molecule has 0 aliphatic carbocycles. The van der Waals surface area contributed by atoms with Crippen molar-refractivity contribution in [2.45, 2.75) is 11.8 Å². The third-order valence-corrected chi connectivity index (χ3v) is 5.19. The number of benzene rings is 2. The van der Waals surface area contributed by atoms with Crippen LogP contribution in [0.1, 0.15) is 5.56 Å². The molecule has 0 fully saturated rings. The van der Waals surface area contributed by atoms with E-state index in [0.717, 1.165) is 26.2 Å². The van der Waals surface area contributed by atoms with E-state index in [2.05, 4.69) is 36.8 Å². The van der Waals surface area contributed by atoms with Gasteiger partial charge in [-0.2, -0.15) is 0 Å². The standard InChI is InChI=1S/C17H16BrN5OS/c1-11-8-13(18)6-7-15(11)25-10-16(24)19-14-5-3-4-12(9-14)17-20-21-22-23(17)2/h3-9H,10H2,1-2H3,(H,19,24). The molecule has 0 bridgehead atoms. The highest BCUT2D eigenvalue weighted by Crippen LogP contribution is 2.26. The first kappa shape index (κ1) is 17.6. The van der Waals surface area contributed by atoms with Gasteiger partial charge in [-0.15, -0.1) is 16.9 Å². The topological polar surface area (TPSA) is 72.7 Å². The second-order valence-corrected chi connectivity index (χ2v) is 7.39. The Labute approximate surface area is 158 Å². The summed E-state index contributed by atoms with van der Waals surface area (Å²) in [5, 5.41) is 14.4. The molecule has 2 aromatic carbocycles. The molecular formula is C17H16BrN5OS. The van der Waals surface area contributed by atoms with E-state index in [1.807, 2.05) is 49.4 Å². The number of tetrazole rings is 1. The van der Waals surface area contributed by atoms with Gasteiger partial charge in [-0.05, 0) is 53.2 Å². The van der Waals surface area contributed by atoms with Crippen LogP contribution in [0, 0.1) is 6.92 Å². The molecule has 0 aliphatic heterocycles. The average Bonchev–Trinajstić information content (AvgIpc) is 3.00. The molecule has 8 heteroatoms. The van der Waals surface area contributed by atoms with Crippen LogP contribution in [0.2, 0.25) is 0 Å². The van der Waals surface area contributed by atoms with Crippen molar-refractivity contribution >= 4 is 39.3 Å². The van der Waals surface area contributed by atoms with Gasteiger partial charge in [-0.1, -0.05) is 28.1 Å². The first-order valence-electron chi connectivity index (χ1n) is 7.54. The summed E-state index contributed by atoms with van der Waals surface area (Å²) in [6.45, 7) is 2.03. The Hall–Kier alpha value is -2.19. The number of nitrogens with zero attached hydrogens (tertiary/aromatic N) is 4. The van der Waals surface area contributed by atoms with Crippen molar-refractivity contribution in [3.05, 3.63) is 52.5 Å². The van der Waals surface area contributed by atoms with Gasteiger partial charge < -0.3 is 5.32 Å². The molecule has 25 heavy (non-hydrogen) atoms. The maximum absolute atomic E-state index is 12.2. The molecule has 1 amide bonds. The molecule has 1 heterocycles. The first-order valence-corrected chi connectivity index (χ1v) is 9.32. The molecule has 0 radical (unpaired) electrons. The van der Waals surface area contributed by atoms with Crippen molar-refractivity contribution in [3.8, 4) is 11.4 Å². The molecule has 1 N–H and O–H groups in total. The predicted molar refractivity (Wildman–Crippen MR) is 102 cm³/mol. The van der Waals surface area contributed by atoms with E-state index in [1.54, 1.807) is 11.7 Å². The number of carbonyl (C=O) groups is 1. The Bertz CT molecular complexity index is 912. The van der Waals surface area contributed by atoms with Gasteiger partial charge in [-0.3, -0.25) is 4.79 Å². The van der Waals surface area contributed by atoms with Crippen LogP contribution in [0.15, 0.2) is 51.8 Å². The summed E-state index contributed by atoms with van der Waals surface area (Å²) >= 11 is 4.96. The minimum absolute atomic E-state index is 0.0550. The van der Waals surface area contributed by atoms with E-state index >= 15 is 0 Å². The largest absolute Gasteiger partial charge is 0.325 e. The molecule has 6 nitrogen and oxygen atoms in total. The lowest BCUT2D eigenvalue weighted by molar-refractivity contribution is -0.113. The highest BCUT2D eigenvalue weighted by molar-refractivity contribution is 9.10. The molecule has 0 saturated carbocycles. The second-order valence-electron chi connectivity index (χ2n) is 5.45. The van der Waals surface area contributed by atoms with Gasteiger partial charge in [0.05, 0.1) is 5.75 Å². The molecule has 0 saturated heterocycles. The fraction of sp³-hybridized carbons (Fsp3) is 0.176. The van der Waals surface area contributed by atoms with Crippen LogP contribution in [-0.4, -0.2) is 31.9 Å². The summed E-state index contributed by atoms with van der Waals surface area (Å²) in [6, 6.07) is 13.5. The van der Waals surface area contributed by atoms with Crippen molar-refractivity contribution in [2.24, 2.45) is 7.05 Å². The van der Waals surface area contributed by atoms with E-state index in [0.29, 0.717) is 11.6 Å². The lowest BCUT2D eigenvalue weighted by Gasteiger charge is -2.08. The van der Waals surface area contributed by atoms with E-state index in [4.69, 9.17) is 0 Å². The summed E-state index contributed by atoms with van der Waals surface area (Å²) in [5.41, 5.74) is 2.71. The zero-order valence-corrected chi connectivity index (χ0v) is 16.1. The SMILES string of the molecule is Cc1cc(Br)ccc1SCC(=O)Nc1cccc(-c2nnnn2C)c1. The molecular weight excluding hydrogens is 402 g/mol. The molecule has 0 aliphatic rings. The molecule has 0 atom stereocenters. The number of thioether (sulfide) groups is 1. The number of hydrogen-bond donors (Lipinski definition) is 1. The highest BCUT2D eigenvalue weighted by Gasteiger charge is 2.09. The van der Waals surface area contributed by atoms with Crippen molar-refractivity contribution in [2.75, 3.05) is 11.1 Å². The number of amides is 1. The van der Waals surface area contributed by atoms with Gasteiger partial charge in [0.1, 0.15) is 0 Å². The lowest BCUT2D eigenvalue weighted by Crippen LogP contribution is -2.14. The van der Waals surface area contributed by atoms with Crippen molar-refractivity contribution in [3.63, 3.8) is 0 Å². The number of anilines is 1. The van der Waals surface area contributed by atoms with Gasteiger partial charge >= 0.3 is 0 Å². The second kappa shape index (κ2) is 7.79. The third-order valence-electron chi connectivity index (χ3n) is 3.52. The summed E-state index contributed by atoms with van der Waals surface area (Å²) in [4.78, 5) is 13.3. The minimum Gasteiger partial charge on any atom is -0.325 e. The predicted octanol–water partition coefficient (Wildman–Crippen LogP) is 3.68. The van der Waals surface area contributed by atoms with Gasteiger partial charge in [0.15, 0.2) is 5.82 Å². The minimum atomic E-state index is -0.0550. The highest BCUT2D eigenvalue weighted by atomic mass is 79.9. The average molecular weight is 418 g/mol. The molecule has 3 rings (SSSR count). The fourth-order valence-corrected chi connectivity index (χ4v) is 3.61. The van der Waals surface area contributed by atoms with Crippen LogP contribution in [0.25, 0.3) is 11.4 Å². The zero-order valence-electron chi connectivity index (χ0n) is 13.7. The molecule has 0 unspecified atom stereocenters. The number of nitrogens with one attached hydrogen (secondary N) is 1. The summed E-state index contributed by atoms with van der Waals surface area (Å²) < 4.78 is 2.63. The Balaban J connectivity index is 1.64. The third kappa shape index (κ3) is 4.46. The van der Waals surface area contributed by atoms with Gasteiger partial charge in [0.25, 0.3) is 0 Å². The Kier molecular flexibility index (Phi) is 5.50. The Morgan fingerprint density at radius 1 is 1.28 bits per heavy atom. The smallest absolute Gasteiger partial charge is 0.234 e. The van der Waals surface area contributed by atoms with Crippen LogP contribution in [0.5, 0.6) is 0 Å². The molecule has 128 valence electrons. The number of rotatable bonds is 5. The normalized spacial score (nSPS) is 10.7. The fourth-order valence-electron chi connectivity index (χ4n) is 2.33. The summed E-state index contributed by atoms with van der Waals surface area (Å²) in [5.74, 6) is 0.939. The number of hydrogen-bond acceptors (Lipinski definition) is 5. The summed E-state index contributed by atoms with van der Waals surface area (Å²) in [6.07, 6.45) is 0. The van der Waals surface area contributed by atoms with Crippen LogP contribution in [0.3, 0.4) is 0 Å². The van der Waals surface area contributed by atoms with E-state index in [-0.39, 0.29) is 5.91 Å². The molecule has 3 aromatic rings. The van der Waals surface area contributed by atoms with E-state index in [9.17, 15) is 4.79 Å². The lowest BCUT2D eigenvalue weighted by atomic mass is 10.2. The zero-order chi connectivity index (χ0) is 17.8. The number of carbonyl (C=O) groups excluding carboxylic acids is 1. The quantitative estimate of drug-likeness (QED) is 0.640. The molecule has 1 aromatic heterocycles. The van der Waals surface area contributed by atoms with Crippen LogP contribution < -0.4 is 5.32 Å². The van der Waals surface area contributed by atoms with E-state index < -0.39 is 0 Å². The van der Waals surface area contributed by atoms with Crippen LogP contribution >= 0.6 is 27.7 Å². The number of aryl methyl sites for hydroxylation is 2. The van der Waals surface area contributed by atoms with Crippen LogP contribution in [-0.2, 0) is 11.8 Å². The van der Waals surface area contributed by atoms with Crippen molar-refractivity contribution in [1.29, 1.82) is 0 Å². The van der Waals surface area contributed by atoms with Crippen molar-refractivity contribution in [1.82, 2.24) is 20.2 Å². The van der Waals surface area contributed by atoms with Crippen molar-refractivity contribution < 1.29 is 4.79 Å². The molecule has 0 spiro atoms. The first-order chi connectivity index (χ1) is 12.0. The van der Waals surface area contributed by atoms with Gasteiger partial charge in [0, 0.05) is 27.7 Å². The van der Waals surface area contributed by atoms with E-state index in [1.165, 1.54) is 11.8 Å². The number of halogens is 1. The maximum atomic E-state index is 12.2. The van der Waals surface area contributed by atoms with Crippen LogP contribution in [0.4, 0.5) is 5.69 Å². The number of aromatic nitrogens is 4. The Morgan fingerprint density at radius 2 is 2.12 bits per heavy atom. The Morgan fingerprint density at radius 3 is 2.84 bits per heavy atom. The summed E-state index contributed by atoms with van der Waals surface area (Å²) in [7, 11) is 1.78. The van der Waals surface area contributed by atoms with Gasteiger partial charge in [-0.25, -0.2) is 4.68 Å².